The van der Waals surface area contributed by atoms with Gasteiger partial charge in [0, 0.05) is 50.7 Å². The first kappa shape index (κ1) is 40.8. The van der Waals surface area contributed by atoms with Crippen LogP contribution in [0.1, 0.15) is 65.2 Å². The molecule has 2 aromatic heterocycles. The van der Waals surface area contributed by atoms with Crippen LogP contribution in [0.5, 0.6) is 11.5 Å². The summed E-state index contributed by atoms with van der Waals surface area (Å²) in [6, 6.07) is 66.0. The van der Waals surface area contributed by atoms with Crippen molar-refractivity contribution in [1.82, 2.24) is 9.61 Å². The average Bonchev–Trinajstić information content (AvgIpc) is 3.98. The van der Waals surface area contributed by atoms with Crippen molar-refractivity contribution in [2.75, 3.05) is 16.5 Å². The summed E-state index contributed by atoms with van der Waals surface area (Å²) in [5.74, 6) is 1.56. The number of fused-ring (bicyclic) bond motifs is 4. The minimum Gasteiger partial charge on any atom is -0.457 e. The molecule has 67 heavy (non-hydrogen) atoms. The lowest BCUT2D eigenvalue weighted by Crippen LogP contribution is -2.42. The molecule has 0 saturated heterocycles. The van der Waals surface area contributed by atoms with Gasteiger partial charge < -0.3 is 14.5 Å². The van der Waals surface area contributed by atoms with Crippen LogP contribution in [0.25, 0.3) is 60.6 Å². The van der Waals surface area contributed by atoms with Crippen LogP contribution in [0.15, 0.2) is 188 Å². The fraction of sp³-hybridized carbons (Fsp3) is 0.177. The second-order valence-corrected chi connectivity index (χ2v) is 20.5. The normalized spacial score (nSPS) is 14.9. The van der Waals surface area contributed by atoms with Crippen molar-refractivity contribution in [2.45, 2.75) is 64.7 Å². The highest BCUT2D eigenvalue weighted by Crippen LogP contribution is 2.55. The largest absolute Gasteiger partial charge is 0.457 e. The third-order valence-corrected chi connectivity index (χ3v) is 15.2. The van der Waals surface area contributed by atoms with Gasteiger partial charge in [0.05, 0.1) is 34.3 Å². The smallest absolute Gasteiger partial charge is 0.129 e. The van der Waals surface area contributed by atoms with E-state index in [1.54, 1.807) is 0 Å². The van der Waals surface area contributed by atoms with Gasteiger partial charge in [0.25, 0.3) is 0 Å². The maximum absolute atomic E-state index is 7.07. The molecule has 2 aliphatic rings. The Morgan fingerprint density at radius 1 is 0.507 bits per heavy atom. The van der Waals surface area contributed by atoms with Crippen molar-refractivity contribution in [3.63, 3.8) is 0 Å². The van der Waals surface area contributed by atoms with Crippen LogP contribution < -0.4 is 14.5 Å². The number of para-hydroxylation sites is 3. The van der Waals surface area contributed by atoms with Crippen molar-refractivity contribution in [2.24, 2.45) is 0 Å². The molecule has 0 spiro atoms. The number of ether oxygens (including phenoxy) is 1. The number of hydrogen-bond donors (Lipinski definition) is 0. The van der Waals surface area contributed by atoms with E-state index in [9.17, 15) is 0 Å². The van der Waals surface area contributed by atoms with Gasteiger partial charge in [-0.15, -0.1) is 0 Å². The average molecular weight is 871 g/mol. The van der Waals surface area contributed by atoms with Crippen LogP contribution in [0, 0.1) is 0 Å². The highest BCUT2D eigenvalue weighted by Gasteiger charge is 2.46. The van der Waals surface area contributed by atoms with E-state index < -0.39 is 0 Å². The molecule has 1 aliphatic carbocycles. The lowest BCUT2D eigenvalue weighted by Gasteiger charge is -2.45. The number of hydrogen-bond acceptors (Lipinski definition) is 4. The molecule has 3 heterocycles. The maximum Gasteiger partial charge on any atom is 0.129 e. The number of pyridine rings is 1. The summed E-state index contributed by atoms with van der Waals surface area (Å²) in [6.45, 7) is 17.0. The van der Waals surface area contributed by atoms with E-state index in [0.29, 0.717) is 6.67 Å². The third kappa shape index (κ3) is 6.39. The van der Waals surface area contributed by atoms with Crippen molar-refractivity contribution < 1.29 is 4.74 Å². The Labute approximate surface area is 393 Å². The molecule has 12 rings (SSSR count). The molecule has 328 valence electrons. The summed E-state index contributed by atoms with van der Waals surface area (Å²) in [6.07, 6.45) is 2.11. The van der Waals surface area contributed by atoms with Crippen LogP contribution in [0.4, 0.5) is 22.7 Å². The van der Waals surface area contributed by atoms with E-state index >= 15 is 0 Å². The molecule has 0 amide bonds. The highest BCUT2D eigenvalue weighted by molar-refractivity contribution is 6.17. The summed E-state index contributed by atoms with van der Waals surface area (Å²) < 4.78 is 9.24. The Balaban J connectivity index is 0.993. The Hall–Kier alpha value is -7.63. The van der Waals surface area contributed by atoms with Gasteiger partial charge >= 0.3 is 0 Å². The Kier molecular flexibility index (Phi) is 9.11. The molecule has 0 fully saturated rings. The number of aromatic nitrogens is 2. The van der Waals surface area contributed by atoms with Gasteiger partial charge in [-0.1, -0.05) is 170 Å². The molecule has 10 aromatic rings. The topological polar surface area (TPSA) is 33.0 Å². The number of rotatable bonds is 7. The second kappa shape index (κ2) is 14.9. The molecule has 5 nitrogen and oxygen atoms in total. The van der Waals surface area contributed by atoms with E-state index in [4.69, 9.17) is 9.84 Å². The van der Waals surface area contributed by atoms with E-state index in [-0.39, 0.29) is 16.2 Å². The van der Waals surface area contributed by atoms with Crippen LogP contribution in [0.2, 0.25) is 0 Å². The standard InChI is InChI=1S/C62H54N4O/c1-60(2,3)44-34-45(64-39-65(55-29-18-17-28-54(55)64)58-48(41-22-13-9-14-23-41)26-19-27-49(58)42-24-15-10-16-25-42)36-47(35-44)67-46-30-31-50-51-32-43(40-20-11-8-12-21-40)33-52-57(51)59-53(62(6,7)61(52,4)5)38-63-66(59)56(50)37-46/h8-38H,39H2,1-7H3. The van der Waals surface area contributed by atoms with Crippen molar-refractivity contribution in [3.8, 4) is 44.9 Å². The fourth-order valence-electron chi connectivity index (χ4n) is 10.8. The first-order valence-electron chi connectivity index (χ1n) is 23.6. The molecule has 0 radical (unpaired) electrons. The summed E-state index contributed by atoms with van der Waals surface area (Å²) in [4.78, 5) is 4.94. The fourth-order valence-corrected chi connectivity index (χ4v) is 10.8. The Morgan fingerprint density at radius 2 is 1.10 bits per heavy atom. The van der Waals surface area contributed by atoms with Gasteiger partial charge in [0.15, 0.2) is 0 Å². The molecule has 0 bridgehead atoms. The zero-order chi connectivity index (χ0) is 45.8. The molecule has 0 atom stereocenters. The lowest BCUT2D eigenvalue weighted by molar-refractivity contribution is 0.304. The van der Waals surface area contributed by atoms with E-state index in [1.165, 1.54) is 72.0 Å². The van der Waals surface area contributed by atoms with Gasteiger partial charge in [-0.25, -0.2) is 4.52 Å². The van der Waals surface area contributed by atoms with Crippen LogP contribution in [-0.4, -0.2) is 16.3 Å². The zero-order valence-electron chi connectivity index (χ0n) is 39.3. The molecule has 1 aliphatic heterocycles. The first-order chi connectivity index (χ1) is 32.4. The van der Waals surface area contributed by atoms with Crippen LogP contribution >= 0.6 is 0 Å². The summed E-state index contributed by atoms with van der Waals surface area (Å²) in [5.41, 5.74) is 17.4. The van der Waals surface area contributed by atoms with E-state index in [0.717, 1.165) is 39.5 Å². The van der Waals surface area contributed by atoms with E-state index in [2.05, 4.69) is 251 Å². The molecule has 8 aromatic carbocycles. The van der Waals surface area contributed by atoms with Crippen molar-refractivity contribution in [3.05, 3.63) is 205 Å². The predicted molar refractivity (Wildman–Crippen MR) is 280 cm³/mol. The zero-order valence-corrected chi connectivity index (χ0v) is 39.3. The second-order valence-electron chi connectivity index (χ2n) is 20.5. The predicted octanol–water partition coefficient (Wildman–Crippen LogP) is 16.5. The van der Waals surface area contributed by atoms with Gasteiger partial charge in [-0.05, 0) is 98.1 Å². The summed E-state index contributed by atoms with van der Waals surface area (Å²) in [7, 11) is 0. The summed E-state index contributed by atoms with van der Waals surface area (Å²) >= 11 is 0. The van der Waals surface area contributed by atoms with Crippen molar-refractivity contribution in [1.29, 1.82) is 0 Å². The lowest BCUT2D eigenvalue weighted by atomic mass is 9.57. The quantitative estimate of drug-likeness (QED) is 0.149. The molecule has 5 heteroatoms. The Morgan fingerprint density at radius 3 is 1.75 bits per heavy atom. The highest BCUT2D eigenvalue weighted by atomic mass is 16.5. The molecular weight excluding hydrogens is 817 g/mol. The van der Waals surface area contributed by atoms with Gasteiger partial charge in [0.2, 0.25) is 0 Å². The van der Waals surface area contributed by atoms with Gasteiger partial charge in [-0.2, -0.15) is 5.10 Å². The minimum atomic E-state index is -0.161. The van der Waals surface area contributed by atoms with Crippen molar-refractivity contribution >= 4 is 49.9 Å². The minimum absolute atomic E-state index is 0.137. The van der Waals surface area contributed by atoms with E-state index in [1.807, 2.05) is 0 Å². The molecule has 0 N–H and O–H groups in total. The number of nitrogens with zero attached hydrogens (tertiary/aromatic N) is 4. The van der Waals surface area contributed by atoms with Crippen LogP contribution in [-0.2, 0) is 16.2 Å². The van der Waals surface area contributed by atoms with Gasteiger partial charge in [-0.3, -0.25) is 0 Å². The first-order valence-corrected chi connectivity index (χ1v) is 23.6. The SMILES string of the molecule is CC(C)(C)c1cc(Oc2ccc3c4cc(-c5ccccc5)cc5c4c4c(cnn4c3c2)C(C)(C)C5(C)C)cc(N2CN(c3c(-c4ccccc4)cccc3-c3ccccc3)c3ccccc32)c1. The summed E-state index contributed by atoms with van der Waals surface area (Å²) in [5, 5.41) is 8.85. The third-order valence-electron chi connectivity index (χ3n) is 15.2. The number of anilines is 4. The maximum atomic E-state index is 7.07. The van der Waals surface area contributed by atoms with Crippen LogP contribution in [0.3, 0.4) is 0 Å². The number of benzene rings is 8. The monoisotopic (exact) mass is 870 g/mol. The molecule has 0 unspecified atom stereocenters. The Bertz CT molecular complexity index is 3510. The molecular formula is C62H54N4O. The van der Waals surface area contributed by atoms with Gasteiger partial charge in [0.1, 0.15) is 18.2 Å². The molecule has 0 saturated carbocycles.